The van der Waals surface area contributed by atoms with Crippen LogP contribution in [0.3, 0.4) is 0 Å². The third-order valence-corrected chi connectivity index (χ3v) is 3.38. The molecule has 1 aliphatic heterocycles. The molecule has 1 fully saturated rings. The number of hydrogen-bond acceptors (Lipinski definition) is 4. The molecule has 0 aliphatic carbocycles. The predicted molar refractivity (Wildman–Crippen MR) is 66.3 cm³/mol. The molecule has 1 aromatic heterocycles. The number of hydrogen-bond donors (Lipinski definition) is 1. The normalized spacial score (nSPS) is 23.4. The topological polar surface area (TPSA) is 62.7 Å². The van der Waals surface area contributed by atoms with E-state index < -0.39 is 11.9 Å². The van der Waals surface area contributed by atoms with Crippen LogP contribution in [0.4, 0.5) is 0 Å². The van der Waals surface area contributed by atoms with Gasteiger partial charge in [-0.1, -0.05) is 6.07 Å². The Balaban J connectivity index is 1.88. The Bertz CT molecular complexity index is 396. The molecule has 5 nitrogen and oxygen atoms in total. The molecule has 2 rings (SSSR count). The Morgan fingerprint density at radius 3 is 3.06 bits per heavy atom. The fourth-order valence-electron chi connectivity index (χ4n) is 2.22. The first-order valence-corrected chi connectivity index (χ1v) is 6.09. The highest BCUT2D eigenvalue weighted by atomic mass is 16.5. The Morgan fingerprint density at radius 2 is 2.39 bits per heavy atom. The number of nitrogens with zero attached hydrogens (tertiary/aromatic N) is 2. The Hall–Kier alpha value is -1.46. The van der Waals surface area contributed by atoms with Gasteiger partial charge in [0.05, 0.1) is 19.1 Å². The van der Waals surface area contributed by atoms with E-state index in [4.69, 9.17) is 9.84 Å². The first kappa shape index (κ1) is 13.0. The standard InChI is InChI=1S/C13H18N2O3/c1-15(7-5-10-4-2-3-6-14-10)12-9-18-8-11(12)13(16)17/h2-4,6,11-12H,5,7-9H2,1H3,(H,16,17). The number of ether oxygens (including phenoxy) is 1. The van der Waals surface area contributed by atoms with Crippen LogP contribution in [0.5, 0.6) is 0 Å². The highest BCUT2D eigenvalue weighted by Crippen LogP contribution is 2.19. The van der Waals surface area contributed by atoms with E-state index in [1.165, 1.54) is 0 Å². The number of likely N-dealkylation sites (N-methyl/N-ethyl adjacent to an activating group) is 1. The molecule has 18 heavy (non-hydrogen) atoms. The lowest BCUT2D eigenvalue weighted by molar-refractivity contribution is -0.143. The number of aromatic nitrogens is 1. The van der Waals surface area contributed by atoms with Crippen LogP contribution in [0.25, 0.3) is 0 Å². The molecule has 2 unspecified atom stereocenters. The summed E-state index contributed by atoms with van der Waals surface area (Å²) < 4.78 is 5.27. The molecule has 2 atom stereocenters. The lowest BCUT2D eigenvalue weighted by atomic mass is 10.0. The van der Waals surface area contributed by atoms with Gasteiger partial charge in [0.15, 0.2) is 0 Å². The molecule has 0 radical (unpaired) electrons. The van der Waals surface area contributed by atoms with Crippen LogP contribution in [0.15, 0.2) is 24.4 Å². The fraction of sp³-hybridized carbons (Fsp3) is 0.538. The second-order valence-corrected chi connectivity index (χ2v) is 4.60. The minimum atomic E-state index is -0.776. The Kier molecular flexibility index (Phi) is 4.28. The zero-order chi connectivity index (χ0) is 13.0. The second-order valence-electron chi connectivity index (χ2n) is 4.60. The number of rotatable bonds is 5. The van der Waals surface area contributed by atoms with Gasteiger partial charge in [-0.2, -0.15) is 0 Å². The minimum absolute atomic E-state index is 0.0359. The number of carboxylic acids is 1. The van der Waals surface area contributed by atoms with Crippen molar-refractivity contribution in [3.05, 3.63) is 30.1 Å². The van der Waals surface area contributed by atoms with Crippen molar-refractivity contribution in [1.29, 1.82) is 0 Å². The molecule has 0 spiro atoms. The van der Waals surface area contributed by atoms with Crippen LogP contribution in [0.1, 0.15) is 5.69 Å². The molecule has 5 heteroatoms. The van der Waals surface area contributed by atoms with E-state index in [1.54, 1.807) is 6.20 Å². The number of carbonyl (C=O) groups is 1. The molecule has 2 heterocycles. The predicted octanol–water partition coefficient (Wildman–Crippen LogP) is 0.655. The van der Waals surface area contributed by atoms with Crippen LogP contribution in [-0.2, 0) is 16.0 Å². The van der Waals surface area contributed by atoms with Crippen molar-refractivity contribution in [2.45, 2.75) is 12.5 Å². The fourth-order valence-corrected chi connectivity index (χ4v) is 2.22. The highest BCUT2D eigenvalue weighted by molar-refractivity contribution is 5.71. The van der Waals surface area contributed by atoms with Crippen LogP contribution in [0.2, 0.25) is 0 Å². The average Bonchev–Trinajstić information content (AvgIpc) is 2.86. The van der Waals surface area contributed by atoms with Crippen molar-refractivity contribution >= 4 is 5.97 Å². The van der Waals surface area contributed by atoms with Gasteiger partial charge < -0.3 is 9.84 Å². The quantitative estimate of drug-likeness (QED) is 0.831. The van der Waals surface area contributed by atoms with E-state index in [0.29, 0.717) is 13.2 Å². The summed E-state index contributed by atoms with van der Waals surface area (Å²) in [5, 5.41) is 9.10. The van der Waals surface area contributed by atoms with Gasteiger partial charge in [0.2, 0.25) is 0 Å². The van der Waals surface area contributed by atoms with E-state index in [9.17, 15) is 4.79 Å². The largest absolute Gasteiger partial charge is 0.481 e. The number of carboxylic acid groups (broad SMARTS) is 1. The van der Waals surface area contributed by atoms with Crippen LogP contribution >= 0.6 is 0 Å². The monoisotopic (exact) mass is 250 g/mol. The van der Waals surface area contributed by atoms with Crippen LogP contribution in [-0.4, -0.2) is 53.8 Å². The van der Waals surface area contributed by atoms with Crippen molar-refractivity contribution < 1.29 is 14.6 Å². The zero-order valence-electron chi connectivity index (χ0n) is 10.5. The van der Waals surface area contributed by atoms with Gasteiger partial charge in [-0.25, -0.2) is 0 Å². The van der Waals surface area contributed by atoms with Gasteiger partial charge in [-0.3, -0.25) is 14.7 Å². The van der Waals surface area contributed by atoms with Gasteiger partial charge in [-0.05, 0) is 19.2 Å². The molecule has 0 aromatic carbocycles. The third kappa shape index (κ3) is 3.05. The van der Waals surface area contributed by atoms with Gasteiger partial charge in [0.25, 0.3) is 0 Å². The van der Waals surface area contributed by atoms with Gasteiger partial charge in [0.1, 0.15) is 0 Å². The second kappa shape index (κ2) is 5.93. The maximum atomic E-state index is 11.1. The maximum absolute atomic E-state index is 11.1. The SMILES string of the molecule is CN(CCc1ccccn1)C1COCC1C(=O)O. The lowest BCUT2D eigenvalue weighted by Crippen LogP contribution is -2.41. The van der Waals surface area contributed by atoms with Gasteiger partial charge >= 0.3 is 5.97 Å². The first-order chi connectivity index (χ1) is 8.68. The van der Waals surface area contributed by atoms with Crippen molar-refractivity contribution in [3.8, 4) is 0 Å². The molecule has 1 N–H and O–H groups in total. The summed E-state index contributed by atoms with van der Waals surface area (Å²) in [7, 11) is 1.94. The summed E-state index contributed by atoms with van der Waals surface area (Å²) in [6.07, 6.45) is 2.59. The Morgan fingerprint density at radius 1 is 1.56 bits per heavy atom. The molecule has 1 aliphatic rings. The minimum Gasteiger partial charge on any atom is -0.481 e. The summed E-state index contributed by atoms with van der Waals surface area (Å²) in [6.45, 7) is 1.60. The molecule has 0 amide bonds. The van der Waals surface area contributed by atoms with Crippen molar-refractivity contribution in [1.82, 2.24) is 9.88 Å². The van der Waals surface area contributed by atoms with Gasteiger partial charge in [0, 0.05) is 30.9 Å². The van der Waals surface area contributed by atoms with Crippen molar-refractivity contribution in [3.63, 3.8) is 0 Å². The number of aliphatic carboxylic acids is 1. The average molecular weight is 250 g/mol. The van der Waals surface area contributed by atoms with E-state index in [-0.39, 0.29) is 6.04 Å². The molecular weight excluding hydrogens is 232 g/mol. The van der Waals surface area contributed by atoms with Gasteiger partial charge in [-0.15, -0.1) is 0 Å². The summed E-state index contributed by atoms with van der Waals surface area (Å²) in [6, 6.07) is 5.79. The molecule has 0 bridgehead atoms. The third-order valence-electron chi connectivity index (χ3n) is 3.38. The lowest BCUT2D eigenvalue weighted by Gasteiger charge is -2.25. The molecule has 1 aromatic rings. The summed E-state index contributed by atoms with van der Waals surface area (Å²) >= 11 is 0. The van der Waals surface area contributed by atoms with E-state index >= 15 is 0 Å². The van der Waals surface area contributed by atoms with E-state index in [2.05, 4.69) is 9.88 Å². The molecule has 0 saturated carbocycles. The van der Waals surface area contributed by atoms with Crippen molar-refractivity contribution in [2.24, 2.45) is 5.92 Å². The Labute approximate surface area is 106 Å². The van der Waals surface area contributed by atoms with E-state index in [1.807, 2.05) is 25.2 Å². The summed E-state index contributed by atoms with van der Waals surface area (Å²) in [5.74, 6) is -1.19. The summed E-state index contributed by atoms with van der Waals surface area (Å²) in [4.78, 5) is 17.4. The van der Waals surface area contributed by atoms with Crippen LogP contribution < -0.4 is 0 Å². The molecule has 1 saturated heterocycles. The zero-order valence-corrected chi connectivity index (χ0v) is 10.5. The van der Waals surface area contributed by atoms with Crippen molar-refractivity contribution in [2.75, 3.05) is 26.8 Å². The molecule has 98 valence electrons. The first-order valence-electron chi connectivity index (χ1n) is 6.09. The smallest absolute Gasteiger partial charge is 0.310 e. The molecular formula is C13H18N2O3. The maximum Gasteiger partial charge on any atom is 0.310 e. The van der Waals surface area contributed by atoms with Crippen LogP contribution in [0, 0.1) is 5.92 Å². The summed E-state index contributed by atoms with van der Waals surface area (Å²) in [5.41, 5.74) is 1.02. The highest BCUT2D eigenvalue weighted by Gasteiger charge is 2.36. The number of pyridine rings is 1. The van der Waals surface area contributed by atoms with E-state index in [0.717, 1.165) is 18.7 Å².